The number of nitrogens with one attached hydrogen (secondary N) is 1. The van der Waals surface area contributed by atoms with E-state index in [1.807, 2.05) is 0 Å². The van der Waals surface area contributed by atoms with E-state index in [1.165, 1.54) is 6.07 Å². The highest BCUT2D eigenvalue weighted by molar-refractivity contribution is 5.63. The van der Waals surface area contributed by atoms with Gasteiger partial charge in [0, 0.05) is 11.6 Å². The number of rotatable bonds is 1. The number of hydrogen-bond donors (Lipinski definition) is 2. The van der Waals surface area contributed by atoms with Crippen molar-refractivity contribution in [2.75, 3.05) is 5.73 Å². The summed E-state index contributed by atoms with van der Waals surface area (Å²) in [5.74, 6) is -0.845. The molecular formula is C10H7F4N3. The van der Waals surface area contributed by atoms with Gasteiger partial charge in [-0.05, 0) is 18.2 Å². The van der Waals surface area contributed by atoms with Crippen molar-refractivity contribution in [2.45, 2.75) is 6.18 Å². The number of halogens is 4. The maximum absolute atomic E-state index is 13.5. The minimum atomic E-state index is -4.56. The zero-order chi connectivity index (χ0) is 12.6. The topological polar surface area (TPSA) is 54.7 Å². The molecule has 0 saturated carbocycles. The fraction of sp³-hybridized carbons (Fsp3) is 0.100. The highest BCUT2D eigenvalue weighted by Gasteiger charge is 2.31. The van der Waals surface area contributed by atoms with Crippen molar-refractivity contribution in [1.82, 2.24) is 10.2 Å². The first kappa shape index (κ1) is 11.4. The van der Waals surface area contributed by atoms with Crippen LogP contribution in [0.3, 0.4) is 0 Å². The summed E-state index contributed by atoms with van der Waals surface area (Å²) in [5, 5.41) is 5.99. The Morgan fingerprint density at radius 1 is 1.18 bits per heavy atom. The van der Waals surface area contributed by atoms with Crippen LogP contribution in [0.25, 0.3) is 11.3 Å². The lowest BCUT2D eigenvalue weighted by Crippen LogP contribution is -2.05. The summed E-state index contributed by atoms with van der Waals surface area (Å²) < 4.78 is 50.4. The molecule has 0 fully saturated rings. The summed E-state index contributed by atoms with van der Waals surface area (Å²) in [5.41, 5.74) is 4.50. The van der Waals surface area contributed by atoms with Crippen molar-refractivity contribution >= 4 is 5.82 Å². The van der Waals surface area contributed by atoms with Crippen LogP contribution in [0, 0.1) is 5.82 Å². The number of alkyl halides is 3. The molecule has 3 nitrogen and oxygen atoms in total. The van der Waals surface area contributed by atoms with Crippen LogP contribution in [0.1, 0.15) is 5.56 Å². The molecule has 0 bridgehead atoms. The molecule has 90 valence electrons. The molecule has 0 aliphatic carbocycles. The Morgan fingerprint density at radius 3 is 2.35 bits per heavy atom. The molecular weight excluding hydrogens is 238 g/mol. The Bertz CT molecular complexity index is 545. The fourth-order valence-corrected chi connectivity index (χ4v) is 1.39. The maximum Gasteiger partial charge on any atom is 0.416 e. The number of aromatic nitrogens is 2. The lowest BCUT2D eigenvalue weighted by molar-refractivity contribution is -0.137. The molecule has 17 heavy (non-hydrogen) atoms. The first-order valence-corrected chi connectivity index (χ1v) is 4.56. The van der Waals surface area contributed by atoms with Crippen LogP contribution in [0.4, 0.5) is 23.4 Å². The summed E-state index contributed by atoms with van der Waals surface area (Å²) in [6.07, 6.45) is -4.56. The molecule has 2 rings (SSSR count). The van der Waals surface area contributed by atoms with Crippen LogP contribution in [0.5, 0.6) is 0 Å². The second-order valence-electron chi connectivity index (χ2n) is 3.40. The van der Waals surface area contributed by atoms with Crippen molar-refractivity contribution in [3.05, 3.63) is 35.6 Å². The highest BCUT2D eigenvalue weighted by Crippen LogP contribution is 2.32. The van der Waals surface area contributed by atoms with E-state index in [4.69, 9.17) is 5.73 Å². The Labute approximate surface area is 93.3 Å². The van der Waals surface area contributed by atoms with Crippen LogP contribution in [-0.4, -0.2) is 10.2 Å². The van der Waals surface area contributed by atoms with Gasteiger partial charge in [0.05, 0.1) is 11.3 Å². The molecule has 0 unspecified atom stereocenters. The Hall–Kier alpha value is -2.05. The van der Waals surface area contributed by atoms with E-state index in [-0.39, 0.29) is 17.1 Å². The average molecular weight is 245 g/mol. The summed E-state index contributed by atoms with van der Waals surface area (Å²) >= 11 is 0. The molecule has 2 aromatic rings. The molecule has 0 aliphatic rings. The lowest BCUT2D eigenvalue weighted by Gasteiger charge is -2.08. The van der Waals surface area contributed by atoms with E-state index in [0.29, 0.717) is 6.07 Å². The zero-order valence-corrected chi connectivity index (χ0v) is 8.35. The number of nitrogens with two attached hydrogens (primary N) is 1. The lowest BCUT2D eigenvalue weighted by atomic mass is 10.1. The van der Waals surface area contributed by atoms with Gasteiger partial charge >= 0.3 is 6.18 Å². The molecule has 0 radical (unpaired) electrons. The van der Waals surface area contributed by atoms with Gasteiger partial charge in [-0.3, -0.25) is 5.10 Å². The van der Waals surface area contributed by atoms with Crippen LogP contribution < -0.4 is 5.73 Å². The molecule has 0 atom stereocenters. The second kappa shape index (κ2) is 3.76. The standard InChI is InChI=1S/C10H7F4N3/c11-7-3-5(10(12,13)14)1-2-6(7)8-4-9(15)17-16-8/h1-4H,(H3,15,16,17). The molecule has 0 amide bonds. The molecule has 0 spiro atoms. The zero-order valence-electron chi connectivity index (χ0n) is 8.35. The van der Waals surface area contributed by atoms with Crippen molar-refractivity contribution in [3.8, 4) is 11.3 Å². The Morgan fingerprint density at radius 2 is 1.88 bits per heavy atom. The largest absolute Gasteiger partial charge is 0.416 e. The quantitative estimate of drug-likeness (QED) is 0.759. The smallest absolute Gasteiger partial charge is 0.382 e. The van der Waals surface area contributed by atoms with Gasteiger partial charge in [-0.25, -0.2) is 4.39 Å². The molecule has 0 saturated heterocycles. The molecule has 7 heteroatoms. The Balaban J connectivity index is 2.45. The monoisotopic (exact) mass is 245 g/mol. The number of H-pyrrole nitrogens is 1. The van der Waals surface area contributed by atoms with E-state index in [2.05, 4.69) is 10.2 Å². The van der Waals surface area contributed by atoms with Crippen molar-refractivity contribution in [3.63, 3.8) is 0 Å². The van der Waals surface area contributed by atoms with Gasteiger partial charge in [0.25, 0.3) is 0 Å². The van der Waals surface area contributed by atoms with E-state index in [9.17, 15) is 17.6 Å². The highest BCUT2D eigenvalue weighted by atomic mass is 19.4. The van der Waals surface area contributed by atoms with Crippen molar-refractivity contribution in [1.29, 1.82) is 0 Å². The number of nitrogens with zero attached hydrogens (tertiary/aromatic N) is 1. The summed E-state index contributed by atoms with van der Waals surface area (Å²) in [4.78, 5) is 0. The number of aromatic amines is 1. The molecule has 3 N–H and O–H groups in total. The van der Waals surface area contributed by atoms with Crippen molar-refractivity contribution < 1.29 is 17.6 Å². The Kier molecular flexibility index (Phi) is 2.53. The predicted octanol–water partition coefficient (Wildman–Crippen LogP) is 2.82. The third kappa shape index (κ3) is 2.22. The average Bonchev–Trinajstić information content (AvgIpc) is 2.63. The fourth-order valence-electron chi connectivity index (χ4n) is 1.39. The SMILES string of the molecule is Nc1cc(-c2ccc(C(F)(F)F)cc2F)[nH]n1. The van der Waals surface area contributed by atoms with Gasteiger partial charge in [0.1, 0.15) is 11.6 Å². The van der Waals surface area contributed by atoms with Gasteiger partial charge in [-0.1, -0.05) is 0 Å². The van der Waals surface area contributed by atoms with Gasteiger partial charge in [0.15, 0.2) is 0 Å². The van der Waals surface area contributed by atoms with E-state index < -0.39 is 17.6 Å². The summed E-state index contributed by atoms with van der Waals surface area (Å²) in [6.45, 7) is 0. The van der Waals surface area contributed by atoms with E-state index in [1.54, 1.807) is 0 Å². The molecule has 0 aliphatic heterocycles. The van der Waals surface area contributed by atoms with Crippen molar-refractivity contribution in [2.24, 2.45) is 0 Å². The van der Waals surface area contributed by atoms with Crippen LogP contribution in [-0.2, 0) is 6.18 Å². The number of benzene rings is 1. The third-order valence-electron chi connectivity index (χ3n) is 2.18. The molecule has 1 aromatic carbocycles. The minimum absolute atomic E-state index is 0.0119. The number of hydrogen-bond acceptors (Lipinski definition) is 2. The number of nitrogen functional groups attached to an aromatic ring is 1. The van der Waals surface area contributed by atoms with Gasteiger partial charge < -0.3 is 5.73 Å². The van der Waals surface area contributed by atoms with Gasteiger partial charge in [-0.2, -0.15) is 18.3 Å². The second-order valence-corrected chi connectivity index (χ2v) is 3.40. The van der Waals surface area contributed by atoms with Crippen LogP contribution >= 0.6 is 0 Å². The first-order chi connectivity index (χ1) is 7.88. The summed E-state index contributed by atoms with van der Waals surface area (Å²) in [6, 6.07) is 3.61. The summed E-state index contributed by atoms with van der Waals surface area (Å²) in [7, 11) is 0. The van der Waals surface area contributed by atoms with Gasteiger partial charge in [-0.15, -0.1) is 0 Å². The first-order valence-electron chi connectivity index (χ1n) is 4.56. The third-order valence-corrected chi connectivity index (χ3v) is 2.18. The van der Waals surface area contributed by atoms with Crippen LogP contribution in [0.15, 0.2) is 24.3 Å². The van der Waals surface area contributed by atoms with Crippen LogP contribution in [0.2, 0.25) is 0 Å². The minimum Gasteiger partial charge on any atom is -0.382 e. The van der Waals surface area contributed by atoms with E-state index in [0.717, 1.165) is 12.1 Å². The van der Waals surface area contributed by atoms with E-state index >= 15 is 0 Å². The maximum atomic E-state index is 13.5. The normalized spacial score (nSPS) is 11.8. The molecule has 1 heterocycles. The predicted molar refractivity (Wildman–Crippen MR) is 53.4 cm³/mol. The van der Waals surface area contributed by atoms with Gasteiger partial charge in [0.2, 0.25) is 0 Å². The molecule has 1 aromatic heterocycles. The number of anilines is 1.